The highest BCUT2D eigenvalue weighted by atomic mass is 32.2. The second kappa shape index (κ2) is 9.84. The Hall–Kier alpha value is -3.70. The quantitative estimate of drug-likeness (QED) is 0.483. The number of ether oxygens (including phenoxy) is 1. The van der Waals surface area contributed by atoms with Crippen LogP contribution in [0, 0.1) is 0 Å². The SMILES string of the molecule is COc1cccc(NC(=O)Nc2cc(Nc3cccc(S(=O)(=O)N4CCCC4)c3)ncn2)c1. The van der Waals surface area contributed by atoms with Crippen LogP contribution in [-0.4, -0.2) is 48.9 Å². The van der Waals surface area contributed by atoms with Gasteiger partial charge < -0.3 is 15.4 Å². The van der Waals surface area contributed by atoms with Gasteiger partial charge in [0.15, 0.2) is 0 Å². The van der Waals surface area contributed by atoms with Crippen molar-refractivity contribution in [1.82, 2.24) is 14.3 Å². The first-order valence-electron chi connectivity index (χ1n) is 10.4. The van der Waals surface area contributed by atoms with Crippen LogP contribution < -0.4 is 20.7 Å². The number of aromatic nitrogens is 2. The predicted octanol–water partition coefficient (Wildman–Crippen LogP) is 3.66. The third kappa shape index (κ3) is 5.57. The van der Waals surface area contributed by atoms with Gasteiger partial charge in [-0.25, -0.2) is 23.2 Å². The van der Waals surface area contributed by atoms with Crippen LogP contribution in [0.2, 0.25) is 0 Å². The summed E-state index contributed by atoms with van der Waals surface area (Å²) in [7, 11) is -1.98. The Balaban J connectivity index is 1.43. The van der Waals surface area contributed by atoms with Crippen molar-refractivity contribution in [2.75, 3.05) is 36.1 Å². The second-order valence-electron chi connectivity index (χ2n) is 7.36. The van der Waals surface area contributed by atoms with Crippen LogP contribution in [-0.2, 0) is 10.0 Å². The number of nitrogens with zero attached hydrogens (tertiary/aromatic N) is 3. The van der Waals surface area contributed by atoms with Gasteiger partial charge in [-0.2, -0.15) is 4.31 Å². The summed E-state index contributed by atoms with van der Waals surface area (Å²) >= 11 is 0. The minimum atomic E-state index is -3.53. The Bertz CT molecular complexity index is 1240. The first kappa shape index (κ1) is 22.5. The maximum absolute atomic E-state index is 12.8. The maximum atomic E-state index is 12.8. The molecule has 0 bridgehead atoms. The minimum Gasteiger partial charge on any atom is -0.497 e. The first-order chi connectivity index (χ1) is 15.9. The maximum Gasteiger partial charge on any atom is 0.324 e. The van der Waals surface area contributed by atoms with Gasteiger partial charge in [-0.3, -0.25) is 5.32 Å². The molecule has 3 aromatic rings. The highest BCUT2D eigenvalue weighted by Gasteiger charge is 2.27. The Morgan fingerprint density at radius 1 is 0.939 bits per heavy atom. The third-order valence-corrected chi connectivity index (χ3v) is 6.94. The number of methoxy groups -OCH3 is 1. The molecule has 1 saturated heterocycles. The molecule has 1 aromatic heterocycles. The van der Waals surface area contributed by atoms with E-state index in [1.54, 1.807) is 61.7 Å². The van der Waals surface area contributed by atoms with E-state index in [9.17, 15) is 13.2 Å². The molecule has 1 aliphatic rings. The number of nitrogens with one attached hydrogen (secondary N) is 3. The van der Waals surface area contributed by atoms with Crippen molar-refractivity contribution in [2.45, 2.75) is 17.7 Å². The van der Waals surface area contributed by atoms with Crippen LogP contribution in [0.1, 0.15) is 12.8 Å². The number of sulfonamides is 1. The fourth-order valence-electron chi connectivity index (χ4n) is 3.43. The van der Waals surface area contributed by atoms with Crippen LogP contribution in [0.3, 0.4) is 0 Å². The second-order valence-corrected chi connectivity index (χ2v) is 9.30. The van der Waals surface area contributed by atoms with Gasteiger partial charge in [0, 0.05) is 36.6 Å². The number of benzene rings is 2. The average molecular weight is 469 g/mol. The lowest BCUT2D eigenvalue weighted by atomic mass is 10.3. The lowest BCUT2D eigenvalue weighted by Gasteiger charge is -2.16. The van der Waals surface area contributed by atoms with Gasteiger partial charge in [-0.1, -0.05) is 12.1 Å². The molecule has 1 aliphatic heterocycles. The molecule has 10 nitrogen and oxygen atoms in total. The number of rotatable bonds is 7. The molecule has 2 aromatic carbocycles. The van der Waals surface area contributed by atoms with E-state index in [1.807, 2.05) is 0 Å². The molecule has 0 radical (unpaired) electrons. The molecule has 0 unspecified atom stereocenters. The van der Waals surface area contributed by atoms with E-state index >= 15 is 0 Å². The van der Waals surface area contributed by atoms with E-state index in [0.29, 0.717) is 36.0 Å². The van der Waals surface area contributed by atoms with Gasteiger partial charge in [0.1, 0.15) is 23.7 Å². The molecular formula is C22H24N6O4S. The van der Waals surface area contributed by atoms with Crippen molar-refractivity contribution in [3.63, 3.8) is 0 Å². The number of carbonyl (C=O) groups is 1. The zero-order valence-corrected chi connectivity index (χ0v) is 18.8. The van der Waals surface area contributed by atoms with Crippen LogP contribution in [0.15, 0.2) is 65.8 Å². The smallest absolute Gasteiger partial charge is 0.324 e. The number of hydrogen-bond donors (Lipinski definition) is 3. The predicted molar refractivity (Wildman–Crippen MR) is 125 cm³/mol. The molecule has 0 spiro atoms. The van der Waals surface area contributed by atoms with E-state index in [2.05, 4.69) is 25.9 Å². The van der Waals surface area contributed by atoms with Gasteiger partial charge in [-0.05, 0) is 43.2 Å². The summed E-state index contributed by atoms with van der Waals surface area (Å²) in [6.45, 7) is 1.08. The Morgan fingerprint density at radius 3 is 2.45 bits per heavy atom. The van der Waals surface area contributed by atoms with Crippen LogP contribution in [0.25, 0.3) is 0 Å². The van der Waals surface area contributed by atoms with Crippen molar-refractivity contribution < 1.29 is 17.9 Å². The summed E-state index contributed by atoms with van der Waals surface area (Å²) in [4.78, 5) is 20.7. The van der Waals surface area contributed by atoms with Crippen molar-refractivity contribution in [3.8, 4) is 5.75 Å². The molecule has 33 heavy (non-hydrogen) atoms. The third-order valence-electron chi connectivity index (χ3n) is 5.05. The summed E-state index contributed by atoms with van der Waals surface area (Å²) in [5, 5.41) is 8.41. The largest absolute Gasteiger partial charge is 0.497 e. The van der Waals surface area contributed by atoms with Gasteiger partial charge in [-0.15, -0.1) is 0 Å². The van der Waals surface area contributed by atoms with E-state index < -0.39 is 16.1 Å². The van der Waals surface area contributed by atoms with Crippen molar-refractivity contribution in [2.24, 2.45) is 0 Å². The monoisotopic (exact) mass is 468 g/mol. The number of carbonyl (C=O) groups excluding carboxylic acids is 1. The van der Waals surface area contributed by atoms with E-state index in [1.165, 1.54) is 10.6 Å². The first-order valence-corrected chi connectivity index (χ1v) is 11.8. The molecule has 4 rings (SSSR count). The fourth-order valence-corrected chi connectivity index (χ4v) is 5.00. The van der Waals surface area contributed by atoms with Gasteiger partial charge in [0.25, 0.3) is 0 Å². The molecule has 0 atom stereocenters. The van der Waals surface area contributed by atoms with E-state index in [4.69, 9.17) is 4.74 Å². The summed E-state index contributed by atoms with van der Waals surface area (Å²) in [5.41, 5.74) is 1.12. The average Bonchev–Trinajstić information content (AvgIpc) is 3.35. The number of hydrogen-bond acceptors (Lipinski definition) is 7. The molecule has 0 saturated carbocycles. The zero-order valence-electron chi connectivity index (χ0n) is 18.0. The van der Waals surface area contributed by atoms with Crippen LogP contribution in [0.4, 0.5) is 27.8 Å². The fraction of sp³-hybridized carbons (Fsp3) is 0.227. The van der Waals surface area contributed by atoms with Crippen molar-refractivity contribution in [1.29, 1.82) is 0 Å². The van der Waals surface area contributed by atoms with Gasteiger partial charge in [0.05, 0.1) is 12.0 Å². The van der Waals surface area contributed by atoms with Crippen LogP contribution in [0.5, 0.6) is 5.75 Å². The molecule has 2 heterocycles. The number of amides is 2. The molecule has 3 N–H and O–H groups in total. The summed E-state index contributed by atoms with van der Waals surface area (Å²) in [6.07, 6.45) is 3.05. The lowest BCUT2D eigenvalue weighted by Crippen LogP contribution is -2.27. The molecule has 1 fully saturated rings. The Labute approximate surface area is 192 Å². The lowest BCUT2D eigenvalue weighted by molar-refractivity contribution is 0.262. The molecule has 11 heteroatoms. The summed E-state index contributed by atoms with van der Waals surface area (Å²) < 4.78 is 32.3. The van der Waals surface area contributed by atoms with E-state index in [-0.39, 0.29) is 10.7 Å². The van der Waals surface area contributed by atoms with Crippen LogP contribution >= 0.6 is 0 Å². The van der Waals surface area contributed by atoms with Gasteiger partial charge in [0.2, 0.25) is 10.0 Å². The molecule has 172 valence electrons. The topological polar surface area (TPSA) is 126 Å². The molecule has 0 aliphatic carbocycles. The summed E-state index contributed by atoms with van der Waals surface area (Å²) in [6, 6.07) is 14.6. The number of anilines is 4. The Morgan fingerprint density at radius 2 is 1.67 bits per heavy atom. The standard InChI is InChI=1S/C22H24N6O4S/c1-32-18-8-4-6-16(12-18)26-22(29)27-21-14-20(23-15-24-21)25-17-7-5-9-19(13-17)33(30,31)28-10-2-3-11-28/h4-9,12-15H,2-3,10-11H2,1H3,(H3,23,24,25,26,27,29). The molecule has 2 amide bonds. The summed E-state index contributed by atoms with van der Waals surface area (Å²) in [5.74, 6) is 1.29. The van der Waals surface area contributed by atoms with E-state index in [0.717, 1.165) is 12.8 Å². The Kier molecular flexibility index (Phi) is 6.71. The zero-order chi connectivity index (χ0) is 23.3. The van der Waals surface area contributed by atoms with Crippen molar-refractivity contribution in [3.05, 3.63) is 60.9 Å². The van der Waals surface area contributed by atoms with Crippen molar-refractivity contribution >= 4 is 39.1 Å². The highest BCUT2D eigenvalue weighted by molar-refractivity contribution is 7.89. The number of urea groups is 1. The normalized spacial score (nSPS) is 14.0. The highest BCUT2D eigenvalue weighted by Crippen LogP contribution is 2.25. The van der Waals surface area contributed by atoms with Gasteiger partial charge >= 0.3 is 6.03 Å². The minimum absolute atomic E-state index is 0.222. The molecular weight excluding hydrogens is 444 g/mol.